The summed E-state index contributed by atoms with van der Waals surface area (Å²) in [6.45, 7) is 3.77. The molecule has 0 amide bonds. The number of aliphatic hydroxyl groups excluding tert-OH is 1. The van der Waals surface area contributed by atoms with Crippen LogP contribution >= 0.6 is 0 Å². The molecular formula is C8H17N2NaO4S. The molecule has 6 nitrogen and oxygen atoms in total. The number of hydrogen-bond acceptors (Lipinski definition) is 5. The molecule has 1 aliphatic heterocycles. The van der Waals surface area contributed by atoms with Crippen LogP contribution in [0.1, 0.15) is 1.43 Å². The van der Waals surface area contributed by atoms with Crippen LogP contribution in [0.5, 0.6) is 0 Å². The molecule has 0 atom stereocenters. The van der Waals surface area contributed by atoms with Gasteiger partial charge in [-0.1, -0.05) is 0 Å². The minimum Gasteiger partial charge on any atom is -1.00 e. The van der Waals surface area contributed by atoms with Gasteiger partial charge in [0.05, 0.1) is 12.0 Å². The largest absolute Gasteiger partial charge is 1.00 e. The molecule has 0 radical (unpaired) electrons. The molecule has 1 heterocycles. The molecule has 2 N–H and O–H groups in total. The predicted molar refractivity (Wildman–Crippen MR) is 56.9 cm³/mol. The van der Waals surface area contributed by atoms with Crippen LogP contribution in [0.15, 0.2) is 11.6 Å². The first-order valence-corrected chi connectivity index (χ1v) is 6.24. The molecule has 1 rings (SSSR count). The number of hydrogen-bond donors (Lipinski definition) is 2. The van der Waals surface area contributed by atoms with E-state index in [-0.39, 0.29) is 37.6 Å². The molecule has 0 aromatic rings. The Morgan fingerprint density at radius 2 is 1.81 bits per heavy atom. The van der Waals surface area contributed by atoms with Crippen molar-refractivity contribution in [2.24, 2.45) is 0 Å². The molecule has 0 spiro atoms. The van der Waals surface area contributed by atoms with E-state index in [0.29, 0.717) is 19.6 Å². The fourth-order valence-electron chi connectivity index (χ4n) is 1.44. The Hall–Kier alpha value is 0.370. The zero-order chi connectivity index (χ0) is 11.3. The number of nitrogens with zero attached hydrogens (tertiary/aromatic N) is 2. The first kappa shape index (κ1) is 16.4. The Morgan fingerprint density at radius 1 is 1.25 bits per heavy atom. The van der Waals surface area contributed by atoms with Gasteiger partial charge in [-0.2, -0.15) is 8.42 Å². The van der Waals surface area contributed by atoms with Crippen LogP contribution in [0.25, 0.3) is 0 Å². The summed E-state index contributed by atoms with van der Waals surface area (Å²) in [5.74, 6) is 0. The van der Waals surface area contributed by atoms with Crippen molar-refractivity contribution in [3.63, 3.8) is 0 Å². The van der Waals surface area contributed by atoms with Crippen LogP contribution in [0.4, 0.5) is 0 Å². The van der Waals surface area contributed by atoms with Gasteiger partial charge in [-0.15, -0.1) is 0 Å². The molecule has 0 aromatic carbocycles. The van der Waals surface area contributed by atoms with Crippen LogP contribution < -0.4 is 29.6 Å². The molecule has 0 bridgehead atoms. The Balaban J connectivity index is 0. The van der Waals surface area contributed by atoms with Gasteiger partial charge >= 0.3 is 29.6 Å². The molecule has 90 valence electrons. The molecule has 0 unspecified atom stereocenters. The first-order chi connectivity index (χ1) is 7.01. The maximum Gasteiger partial charge on any atom is 1.00 e. The van der Waals surface area contributed by atoms with Crippen LogP contribution in [-0.2, 0) is 10.1 Å². The van der Waals surface area contributed by atoms with E-state index in [1.54, 1.807) is 0 Å². The summed E-state index contributed by atoms with van der Waals surface area (Å²) in [5.41, 5.74) is 0. The van der Waals surface area contributed by atoms with Gasteiger partial charge in [0.1, 0.15) is 0 Å². The summed E-state index contributed by atoms with van der Waals surface area (Å²) in [4.78, 5) is 3.92. The second-order valence-electron chi connectivity index (χ2n) is 3.40. The molecule has 1 fully saturated rings. The van der Waals surface area contributed by atoms with Crippen molar-refractivity contribution in [1.82, 2.24) is 9.80 Å². The zero-order valence-electron chi connectivity index (χ0n) is 10.4. The minimum atomic E-state index is -4.02. The van der Waals surface area contributed by atoms with Crippen molar-refractivity contribution in [2.75, 3.05) is 39.3 Å². The Morgan fingerprint density at radius 3 is 2.25 bits per heavy atom. The van der Waals surface area contributed by atoms with Gasteiger partial charge in [0, 0.05) is 38.9 Å². The van der Waals surface area contributed by atoms with E-state index in [9.17, 15) is 8.42 Å². The fraction of sp³-hybridized carbons (Fsp3) is 0.750. The molecule has 16 heavy (non-hydrogen) atoms. The zero-order valence-corrected chi connectivity index (χ0v) is 12.2. The molecule has 0 saturated carbocycles. The van der Waals surface area contributed by atoms with Gasteiger partial charge < -0.3 is 11.4 Å². The summed E-state index contributed by atoms with van der Waals surface area (Å²) >= 11 is 0. The normalized spacial score (nSPS) is 18.8. The van der Waals surface area contributed by atoms with Crippen molar-refractivity contribution in [3.05, 3.63) is 11.6 Å². The maximum atomic E-state index is 10.4. The standard InChI is InChI=1S/C8H16N2O4S.Na.H/c11-7-5-9-1-3-10(4-2-9)6-8-15(12,13)14;;/h6,8,11H,1-5,7H2,(H,12,13,14);;/q;+1;-1. The third kappa shape index (κ3) is 6.85. The monoisotopic (exact) mass is 260 g/mol. The minimum absolute atomic E-state index is 0. The summed E-state index contributed by atoms with van der Waals surface area (Å²) < 4.78 is 29.4. The van der Waals surface area contributed by atoms with E-state index in [1.165, 1.54) is 6.20 Å². The topological polar surface area (TPSA) is 81.1 Å². The summed E-state index contributed by atoms with van der Waals surface area (Å²) in [7, 11) is -4.02. The first-order valence-electron chi connectivity index (χ1n) is 4.74. The molecule has 8 heteroatoms. The van der Waals surface area contributed by atoms with E-state index < -0.39 is 10.1 Å². The van der Waals surface area contributed by atoms with Crippen LogP contribution in [0.2, 0.25) is 0 Å². The molecule has 1 aliphatic rings. The van der Waals surface area contributed by atoms with Crippen LogP contribution in [0, 0.1) is 0 Å². The quantitative estimate of drug-likeness (QED) is 0.397. The molecular weight excluding hydrogens is 243 g/mol. The Bertz CT molecular complexity index is 317. The fourth-order valence-corrected chi connectivity index (χ4v) is 1.77. The van der Waals surface area contributed by atoms with Crippen molar-refractivity contribution in [1.29, 1.82) is 0 Å². The summed E-state index contributed by atoms with van der Waals surface area (Å²) in [6.07, 6.45) is 1.38. The average molecular weight is 260 g/mol. The van der Waals surface area contributed by atoms with Gasteiger partial charge in [0.2, 0.25) is 0 Å². The Kier molecular flexibility index (Phi) is 7.83. The number of aliphatic hydroxyl groups is 1. The molecule has 0 aromatic heterocycles. The SMILES string of the molecule is O=S(=O)(O)C=CN1CCN(CCO)CC1.[H-].[Na+]. The second kappa shape index (κ2) is 7.65. The van der Waals surface area contributed by atoms with Gasteiger partial charge in [-0.25, -0.2) is 0 Å². The van der Waals surface area contributed by atoms with E-state index >= 15 is 0 Å². The van der Waals surface area contributed by atoms with Crippen molar-refractivity contribution in [3.8, 4) is 0 Å². The van der Waals surface area contributed by atoms with Crippen molar-refractivity contribution < 1.29 is 49.1 Å². The molecule has 1 saturated heterocycles. The predicted octanol–water partition coefficient (Wildman–Crippen LogP) is -3.93. The second-order valence-corrected chi connectivity index (χ2v) is 4.70. The number of piperazine rings is 1. The van der Waals surface area contributed by atoms with E-state index in [1.807, 2.05) is 4.90 Å². The smallest absolute Gasteiger partial charge is 1.00 e. The van der Waals surface area contributed by atoms with E-state index in [2.05, 4.69) is 4.90 Å². The molecule has 0 aliphatic carbocycles. The maximum absolute atomic E-state index is 10.4. The van der Waals surface area contributed by atoms with Gasteiger partial charge in [-0.05, 0) is 0 Å². The van der Waals surface area contributed by atoms with Crippen molar-refractivity contribution >= 4 is 10.1 Å². The van der Waals surface area contributed by atoms with E-state index in [4.69, 9.17) is 9.66 Å². The summed E-state index contributed by atoms with van der Waals surface area (Å²) in [6, 6.07) is 0. The number of rotatable bonds is 4. The van der Waals surface area contributed by atoms with Gasteiger partial charge in [0.15, 0.2) is 0 Å². The summed E-state index contributed by atoms with van der Waals surface area (Å²) in [5, 5.41) is 9.50. The number of β-amino-alcohol motifs (C(OH)–C–C–N with tert-alkyl or cyclic N) is 1. The van der Waals surface area contributed by atoms with Crippen molar-refractivity contribution in [2.45, 2.75) is 0 Å². The van der Waals surface area contributed by atoms with Gasteiger partial charge in [-0.3, -0.25) is 9.45 Å². The Labute approximate surface area is 119 Å². The van der Waals surface area contributed by atoms with Crippen LogP contribution in [-0.4, -0.2) is 67.2 Å². The van der Waals surface area contributed by atoms with E-state index in [0.717, 1.165) is 18.5 Å². The third-order valence-electron chi connectivity index (χ3n) is 2.27. The van der Waals surface area contributed by atoms with Crippen LogP contribution in [0.3, 0.4) is 0 Å². The third-order valence-corrected chi connectivity index (χ3v) is 2.73. The average Bonchev–Trinajstić information content (AvgIpc) is 2.16. The van der Waals surface area contributed by atoms with Gasteiger partial charge in [0.25, 0.3) is 10.1 Å².